The molecule has 1 aliphatic rings. The van der Waals surface area contributed by atoms with Gasteiger partial charge in [-0.05, 0) is 31.0 Å². The lowest BCUT2D eigenvalue weighted by molar-refractivity contribution is -0.150. The van der Waals surface area contributed by atoms with Crippen molar-refractivity contribution in [3.05, 3.63) is 71.8 Å². The van der Waals surface area contributed by atoms with Gasteiger partial charge in [0.2, 0.25) is 0 Å². The maximum absolute atomic E-state index is 12.4. The van der Waals surface area contributed by atoms with Crippen molar-refractivity contribution in [2.45, 2.75) is 32.5 Å². The van der Waals surface area contributed by atoms with Crippen LogP contribution in [0.3, 0.4) is 0 Å². The average Bonchev–Trinajstić information content (AvgIpc) is 2.95. The molecule has 1 saturated heterocycles. The second-order valence-corrected chi connectivity index (χ2v) is 6.19. The second kappa shape index (κ2) is 7.42. The number of esters is 1. The van der Waals surface area contributed by atoms with Crippen LogP contribution in [0.25, 0.3) is 0 Å². The lowest BCUT2D eigenvalue weighted by Crippen LogP contribution is -2.33. The van der Waals surface area contributed by atoms with Crippen LogP contribution < -0.4 is 0 Å². The van der Waals surface area contributed by atoms with Crippen LogP contribution in [0.4, 0.5) is 0 Å². The zero-order chi connectivity index (χ0) is 16.1. The van der Waals surface area contributed by atoms with Gasteiger partial charge in [0.1, 0.15) is 6.61 Å². The topological polar surface area (TPSA) is 29.5 Å². The number of rotatable bonds is 5. The van der Waals surface area contributed by atoms with Gasteiger partial charge < -0.3 is 4.74 Å². The number of carbonyl (C=O) groups excluding carboxylic acids is 1. The number of hydrogen-bond acceptors (Lipinski definition) is 3. The first-order chi connectivity index (χ1) is 11.2. The van der Waals surface area contributed by atoms with Gasteiger partial charge in [0.15, 0.2) is 0 Å². The van der Waals surface area contributed by atoms with E-state index in [0.717, 1.165) is 25.1 Å². The Morgan fingerprint density at radius 1 is 1.04 bits per heavy atom. The van der Waals surface area contributed by atoms with Crippen molar-refractivity contribution in [1.29, 1.82) is 0 Å². The average molecular weight is 309 g/mol. The zero-order valence-electron chi connectivity index (χ0n) is 13.5. The summed E-state index contributed by atoms with van der Waals surface area (Å²) < 4.78 is 5.52. The molecule has 3 heteroatoms. The highest BCUT2D eigenvalue weighted by Crippen LogP contribution is 2.27. The van der Waals surface area contributed by atoms with Gasteiger partial charge in [-0.3, -0.25) is 9.69 Å². The molecule has 0 radical (unpaired) electrons. The highest BCUT2D eigenvalue weighted by molar-refractivity contribution is 5.73. The molecule has 0 aromatic heterocycles. The first-order valence-corrected chi connectivity index (χ1v) is 8.22. The molecule has 0 saturated carbocycles. The Kier molecular flexibility index (Phi) is 5.09. The molecule has 23 heavy (non-hydrogen) atoms. The van der Waals surface area contributed by atoms with Crippen molar-refractivity contribution in [2.75, 3.05) is 6.54 Å². The summed E-state index contributed by atoms with van der Waals surface area (Å²) in [5.41, 5.74) is 2.32. The molecule has 1 fully saturated rings. The first kappa shape index (κ1) is 15.8. The summed E-state index contributed by atoms with van der Waals surface area (Å²) in [5, 5.41) is 0. The highest BCUT2D eigenvalue weighted by Gasteiger charge is 2.36. The molecule has 0 aliphatic carbocycles. The number of hydrogen-bond donors (Lipinski definition) is 0. The van der Waals surface area contributed by atoms with E-state index in [2.05, 4.69) is 36.1 Å². The first-order valence-electron chi connectivity index (χ1n) is 8.22. The van der Waals surface area contributed by atoms with E-state index in [0.29, 0.717) is 6.61 Å². The Bertz CT molecular complexity index is 627. The van der Waals surface area contributed by atoms with E-state index in [1.54, 1.807) is 0 Å². The minimum absolute atomic E-state index is 0.0255. The van der Waals surface area contributed by atoms with Gasteiger partial charge in [-0.2, -0.15) is 0 Å². The van der Waals surface area contributed by atoms with Gasteiger partial charge in [0.25, 0.3) is 0 Å². The maximum atomic E-state index is 12.4. The Morgan fingerprint density at radius 3 is 2.30 bits per heavy atom. The minimum atomic E-state index is -0.0723. The van der Waals surface area contributed by atoms with Crippen molar-refractivity contribution in [3.63, 3.8) is 0 Å². The van der Waals surface area contributed by atoms with Crippen LogP contribution in [0.5, 0.6) is 0 Å². The van der Waals surface area contributed by atoms with Gasteiger partial charge in [-0.1, -0.05) is 60.7 Å². The molecule has 0 N–H and O–H groups in total. The van der Waals surface area contributed by atoms with E-state index < -0.39 is 0 Å². The maximum Gasteiger partial charge on any atom is 0.310 e. The van der Waals surface area contributed by atoms with E-state index >= 15 is 0 Å². The Balaban J connectivity index is 1.53. The van der Waals surface area contributed by atoms with Gasteiger partial charge >= 0.3 is 5.97 Å². The van der Waals surface area contributed by atoms with Crippen LogP contribution in [0.1, 0.15) is 24.5 Å². The Hall–Kier alpha value is -2.13. The molecule has 0 amide bonds. The second-order valence-electron chi connectivity index (χ2n) is 6.19. The molecule has 3 rings (SSSR count). The van der Waals surface area contributed by atoms with Crippen LogP contribution >= 0.6 is 0 Å². The van der Waals surface area contributed by atoms with Crippen LogP contribution in [0.15, 0.2) is 60.7 Å². The van der Waals surface area contributed by atoms with Crippen LogP contribution in [0.2, 0.25) is 0 Å². The summed E-state index contributed by atoms with van der Waals surface area (Å²) in [5.74, 6) is -0.0978. The number of nitrogens with zero attached hydrogens (tertiary/aromatic N) is 1. The van der Waals surface area contributed by atoms with Gasteiger partial charge in [-0.25, -0.2) is 0 Å². The SMILES string of the molecule is C[C@@H]1[C@H](C(=O)OCc2ccccc2)CCN1Cc1ccccc1. The zero-order valence-corrected chi connectivity index (χ0v) is 13.5. The molecule has 120 valence electrons. The number of likely N-dealkylation sites (tertiary alicyclic amines) is 1. The lowest BCUT2D eigenvalue weighted by Gasteiger charge is -2.23. The van der Waals surface area contributed by atoms with Crippen molar-refractivity contribution in [1.82, 2.24) is 4.90 Å². The molecule has 2 atom stereocenters. The molecule has 0 spiro atoms. The molecular weight excluding hydrogens is 286 g/mol. The predicted molar refractivity (Wildman–Crippen MR) is 90.7 cm³/mol. The third kappa shape index (κ3) is 3.99. The third-order valence-corrected chi connectivity index (χ3v) is 4.64. The van der Waals surface area contributed by atoms with Crippen molar-refractivity contribution in [2.24, 2.45) is 5.92 Å². The van der Waals surface area contributed by atoms with Crippen molar-refractivity contribution >= 4 is 5.97 Å². The fraction of sp³-hybridized carbons (Fsp3) is 0.350. The summed E-state index contributed by atoms with van der Waals surface area (Å²) in [4.78, 5) is 14.7. The third-order valence-electron chi connectivity index (χ3n) is 4.64. The van der Waals surface area contributed by atoms with E-state index in [1.165, 1.54) is 5.56 Å². The van der Waals surface area contributed by atoms with Crippen molar-refractivity contribution in [3.8, 4) is 0 Å². The molecule has 0 unspecified atom stereocenters. The number of ether oxygens (including phenoxy) is 1. The van der Waals surface area contributed by atoms with Gasteiger partial charge in [0, 0.05) is 12.6 Å². The summed E-state index contributed by atoms with van der Waals surface area (Å²) in [6, 6.07) is 20.5. The number of benzene rings is 2. The Morgan fingerprint density at radius 2 is 1.65 bits per heavy atom. The van der Waals surface area contributed by atoms with Crippen LogP contribution in [-0.4, -0.2) is 23.5 Å². The standard InChI is InChI=1S/C20H23NO2/c1-16-19(20(22)23-15-18-10-6-3-7-11-18)12-13-21(16)14-17-8-4-2-5-9-17/h2-11,16,19H,12-15H2,1H3/t16-,19-/m1/s1. The fourth-order valence-corrected chi connectivity index (χ4v) is 3.20. The normalized spacial score (nSPS) is 21.3. The molecular formula is C20H23NO2. The molecule has 1 heterocycles. The van der Waals surface area contributed by atoms with E-state index in [-0.39, 0.29) is 17.9 Å². The van der Waals surface area contributed by atoms with Gasteiger partial charge in [-0.15, -0.1) is 0 Å². The predicted octanol–water partition coefficient (Wildman–Crippen LogP) is 3.64. The monoisotopic (exact) mass is 309 g/mol. The summed E-state index contributed by atoms with van der Waals surface area (Å²) in [6.45, 7) is 4.33. The van der Waals surface area contributed by atoms with Crippen LogP contribution in [-0.2, 0) is 22.7 Å². The highest BCUT2D eigenvalue weighted by atomic mass is 16.5. The minimum Gasteiger partial charge on any atom is -0.461 e. The molecule has 2 aromatic carbocycles. The fourth-order valence-electron chi connectivity index (χ4n) is 3.20. The molecule has 1 aliphatic heterocycles. The lowest BCUT2D eigenvalue weighted by atomic mass is 10.0. The Labute approximate surface area is 137 Å². The smallest absolute Gasteiger partial charge is 0.310 e. The molecule has 2 aromatic rings. The quantitative estimate of drug-likeness (QED) is 0.790. The van der Waals surface area contributed by atoms with E-state index in [4.69, 9.17) is 4.74 Å². The largest absolute Gasteiger partial charge is 0.461 e. The van der Waals surface area contributed by atoms with Crippen molar-refractivity contribution < 1.29 is 9.53 Å². The number of carbonyl (C=O) groups is 1. The van der Waals surface area contributed by atoms with E-state index in [1.807, 2.05) is 36.4 Å². The van der Waals surface area contributed by atoms with Gasteiger partial charge in [0.05, 0.1) is 5.92 Å². The summed E-state index contributed by atoms with van der Waals surface area (Å²) >= 11 is 0. The molecule has 3 nitrogen and oxygen atoms in total. The summed E-state index contributed by atoms with van der Waals surface area (Å²) in [7, 11) is 0. The molecule has 0 bridgehead atoms. The van der Waals surface area contributed by atoms with Crippen LogP contribution in [0, 0.1) is 5.92 Å². The van der Waals surface area contributed by atoms with E-state index in [9.17, 15) is 4.79 Å². The summed E-state index contributed by atoms with van der Waals surface area (Å²) in [6.07, 6.45) is 0.877.